The van der Waals surface area contributed by atoms with Crippen LogP contribution in [0.5, 0.6) is 0 Å². The van der Waals surface area contributed by atoms with Crippen LogP contribution in [0.2, 0.25) is 0 Å². The van der Waals surface area contributed by atoms with Crippen LogP contribution in [0.15, 0.2) is 29.2 Å². The van der Waals surface area contributed by atoms with Crippen LogP contribution < -0.4 is 4.72 Å². The fourth-order valence-electron chi connectivity index (χ4n) is 1.67. The number of hydrogen-bond acceptors (Lipinski definition) is 5. The van der Waals surface area contributed by atoms with E-state index in [-0.39, 0.29) is 22.9 Å². The van der Waals surface area contributed by atoms with Crippen molar-refractivity contribution < 1.29 is 23.2 Å². The summed E-state index contributed by atoms with van der Waals surface area (Å²) in [5.41, 5.74) is -0.245. The molecule has 0 aliphatic rings. The summed E-state index contributed by atoms with van der Waals surface area (Å²) in [7, 11) is -4.05. The summed E-state index contributed by atoms with van der Waals surface area (Å²) in [4.78, 5) is 20.7. The summed E-state index contributed by atoms with van der Waals surface area (Å²) in [6.07, 6.45) is 0.140. The molecule has 0 aliphatic heterocycles. The van der Waals surface area contributed by atoms with Crippen molar-refractivity contribution in [2.24, 2.45) is 5.92 Å². The van der Waals surface area contributed by atoms with Crippen molar-refractivity contribution in [1.82, 2.24) is 4.72 Å². The first kappa shape index (κ1) is 17.1. The zero-order valence-electron chi connectivity index (χ0n) is 11.5. The Morgan fingerprint density at radius 2 is 1.86 bits per heavy atom. The predicted octanol–water partition coefficient (Wildman–Crippen LogP) is 1.37. The Hall–Kier alpha value is -2.00. The highest BCUT2D eigenvalue weighted by atomic mass is 32.2. The van der Waals surface area contributed by atoms with Gasteiger partial charge in [0.1, 0.15) is 6.04 Å². The summed E-state index contributed by atoms with van der Waals surface area (Å²) in [5, 5.41) is 19.5. The van der Waals surface area contributed by atoms with Crippen LogP contribution in [0.3, 0.4) is 0 Å². The van der Waals surface area contributed by atoms with Gasteiger partial charge in [0, 0.05) is 12.1 Å². The molecule has 0 spiro atoms. The number of nitrogens with one attached hydrogen (secondary N) is 1. The van der Waals surface area contributed by atoms with E-state index in [1.807, 2.05) is 0 Å². The summed E-state index contributed by atoms with van der Waals surface area (Å²) in [5.74, 6) is -1.28. The van der Waals surface area contributed by atoms with Gasteiger partial charge in [0.2, 0.25) is 10.0 Å². The Morgan fingerprint density at radius 3 is 2.24 bits per heavy atom. The monoisotopic (exact) mass is 316 g/mol. The van der Waals surface area contributed by atoms with E-state index < -0.39 is 27.0 Å². The zero-order valence-corrected chi connectivity index (χ0v) is 12.3. The smallest absolute Gasteiger partial charge is 0.321 e. The molecule has 0 amide bonds. The third-order valence-electron chi connectivity index (χ3n) is 2.66. The van der Waals surface area contributed by atoms with Crippen LogP contribution in [-0.2, 0) is 14.8 Å². The molecule has 21 heavy (non-hydrogen) atoms. The van der Waals surface area contributed by atoms with E-state index >= 15 is 0 Å². The van der Waals surface area contributed by atoms with Crippen molar-refractivity contribution in [2.45, 2.75) is 31.2 Å². The fourth-order valence-corrected chi connectivity index (χ4v) is 2.88. The van der Waals surface area contributed by atoms with Gasteiger partial charge in [-0.3, -0.25) is 14.9 Å². The van der Waals surface area contributed by atoms with Crippen LogP contribution in [0, 0.1) is 16.0 Å². The normalized spacial score (nSPS) is 13.1. The average molecular weight is 316 g/mol. The molecule has 0 unspecified atom stereocenters. The number of sulfonamides is 1. The number of rotatable bonds is 7. The van der Waals surface area contributed by atoms with Gasteiger partial charge in [0.25, 0.3) is 5.69 Å². The van der Waals surface area contributed by atoms with Gasteiger partial charge in [-0.25, -0.2) is 8.42 Å². The Kier molecular flexibility index (Phi) is 5.39. The average Bonchev–Trinajstić information content (AvgIpc) is 2.37. The second kappa shape index (κ2) is 6.64. The maximum Gasteiger partial charge on any atom is 0.321 e. The van der Waals surface area contributed by atoms with Crippen LogP contribution in [-0.4, -0.2) is 30.5 Å². The SMILES string of the molecule is CC(C)C[C@H](NS(=O)(=O)c1ccc([N+](=O)[O-])cc1)C(=O)O. The molecule has 0 radical (unpaired) electrons. The number of non-ortho nitro benzene ring substituents is 1. The van der Waals surface area contributed by atoms with E-state index in [1.165, 1.54) is 0 Å². The molecule has 116 valence electrons. The molecular weight excluding hydrogens is 300 g/mol. The molecule has 0 aromatic heterocycles. The number of nitro groups is 1. The molecule has 0 saturated heterocycles. The molecule has 0 fully saturated rings. The number of aliphatic carboxylic acids is 1. The Morgan fingerprint density at radius 1 is 1.33 bits per heavy atom. The van der Waals surface area contributed by atoms with Gasteiger partial charge < -0.3 is 5.11 Å². The summed E-state index contributed by atoms with van der Waals surface area (Å²) in [6, 6.07) is 2.98. The van der Waals surface area contributed by atoms with E-state index in [2.05, 4.69) is 4.72 Å². The first-order chi connectivity index (χ1) is 9.63. The highest BCUT2D eigenvalue weighted by Gasteiger charge is 2.26. The van der Waals surface area contributed by atoms with Crippen molar-refractivity contribution in [3.05, 3.63) is 34.4 Å². The van der Waals surface area contributed by atoms with E-state index in [0.717, 1.165) is 24.3 Å². The second-order valence-electron chi connectivity index (χ2n) is 4.89. The largest absolute Gasteiger partial charge is 0.480 e. The maximum absolute atomic E-state index is 12.1. The van der Waals surface area contributed by atoms with Crippen LogP contribution in [0.25, 0.3) is 0 Å². The molecule has 8 nitrogen and oxygen atoms in total. The van der Waals surface area contributed by atoms with Gasteiger partial charge in [0.15, 0.2) is 0 Å². The summed E-state index contributed by atoms with van der Waals surface area (Å²) >= 11 is 0. The third-order valence-corrected chi connectivity index (χ3v) is 4.15. The molecule has 1 rings (SSSR count). The van der Waals surface area contributed by atoms with Gasteiger partial charge in [-0.1, -0.05) is 13.8 Å². The molecule has 0 saturated carbocycles. The Balaban J connectivity index is 2.98. The van der Waals surface area contributed by atoms with E-state index in [1.54, 1.807) is 13.8 Å². The van der Waals surface area contributed by atoms with Crippen molar-refractivity contribution in [3.8, 4) is 0 Å². The standard InChI is InChI=1S/C12H16N2O6S/c1-8(2)7-11(12(15)16)13-21(19,20)10-5-3-9(4-6-10)14(17)18/h3-6,8,11,13H,7H2,1-2H3,(H,15,16)/t11-/m0/s1. The lowest BCUT2D eigenvalue weighted by molar-refractivity contribution is -0.384. The van der Waals surface area contributed by atoms with Crippen LogP contribution in [0.1, 0.15) is 20.3 Å². The first-order valence-corrected chi connectivity index (χ1v) is 7.61. The quantitative estimate of drug-likeness (QED) is 0.578. The number of carboxylic acids is 1. The Bertz CT molecular complexity index is 624. The van der Waals surface area contributed by atoms with Gasteiger partial charge in [-0.2, -0.15) is 4.72 Å². The molecule has 0 heterocycles. The lowest BCUT2D eigenvalue weighted by Gasteiger charge is -2.16. The van der Waals surface area contributed by atoms with Crippen LogP contribution >= 0.6 is 0 Å². The number of nitrogens with zero attached hydrogens (tertiary/aromatic N) is 1. The van der Waals surface area contributed by atoms with Gasteiger partial charge in [-0.05, 0) is 24.5 Å². The second-order valence-corrected chi connectivity index (χ2v) is 6.61. The highest BCUT2D eigenvalue weighted by Crippen LogP contribution is 2.17. The van der Waals surface area contributed by atoms with Gasteiger partial charge in [-0.15, -0.1) is 0 Å². The third kappa shape index (κ3) is 4.80. The van der Waals surface area contributed by atoms with Gasteiger partial charge in [0.05, 0.1) is 9.82 Å². The molecule has 0 aliphatic carbocycles. The van der Waals surface area contributed by atoms with Crippen molar-refractivity contribution >= 4 is 21.7 Å². The molecule has 9 heteroatoms. The number of carboxylic acid groups (broad SMARTS) is 1. The molecule has 0 bridgehead atoms. The molecule has 1 aromatic carbocycles. The molecule has 1 atom stereocenters. The summed E-state index contributed by atoms with van der Waals surface area (Å²) in [6.45, 7) is 3.55. The van der Waals surface area contributed by atoms with E-state index in [9.17, 15) is 23.3 Å². The minimum atomic E-state index is -4.05. The predicted molar refractivity (Wildman–Crippen MR) is 74.3 cm³/mol. The molecular formula is C12H16N2O6S. The van der Waals surface area contributed by atoms with Crippen molar-refractivity contribution in [1.29, 1.82) is 0 Å². The topological polar surface area (TPSA) is 127 Å². The van der Waals surface area contributed by atoms with Crippen molar-refractivity contribution in [2.75, 3.05) is 0 Å². The number of nitro benzene ring substituents is 1. The van der Waals surface area contributed by atoms with Gasteiger partial charge >= 0.3 is 5.97 Å². The minimum absolute atomic E-state index is 0.00865. The number of benzene rings is 1. The lowest BCUT2D eigenvalue weighted by atomic mass is 10.1. The minimum Gasteiger partial charge on any atom is -0.480 e. The lowest BCUT2D eigenvalue weighted by Crippen LogP contribution is -2.41. The first-order valence-electron chi connectivity index (χ1n) is 6.13. The zero-order chi connectivity index (χ0) is 16.2. The molecule has 1 aromatic rings. The van der Waals surface area contributed by atoms with E-state index in [0.29, 0.717) is 0 Å². The van der Waals surface area contributed by atoms with E-state index in [4.69, 9.17) is 5.11 Å². The van der Waals surface area contributed by atoms with Crippen LogP contribution in [0.4, 0.5) is 5.69 Å². The van der Waals surface area contributed by atoms with Crippen molar-refractivity contribution in [3.63, 3.8) is 0 Å². The maximum atomic E-state index is 12.1. The highest BCUT2D eigenvalue weighted by molar-refractivity contribution is 7.89. The molecule has 2 N–H and O–H groups in total. The fraction of sp³-hybridized carbons (Fsp3) is 0.417. The summed E-state index contributed by atoms with van der Waals surface area (Å²) < 4.78 is 26.2. The number of hydrogen-bond donors (Lipinski definition) is 2. The Labute approximate surface area is 122 Å². The number of carbonyl (C=O) groups is 1.